The maximum Gasteiger partial charge on any atom is 0.166 e. The Morgan fingerprint density at radius 2 is 2.19 bits per heavy atom. The molecule has 0 aliphatic carbocycles. The lowest BCUT2D eigenvalue weighted by Crippen LogP contribution is -2.12. The molecule has 88 valence electrons. The zero-order valence-electron chi connectivity index (χ0n) is 9.92. The summed E-state index contributed by atoms with van der Waals surface area (Å²) in [7, 11) is 1.59. The van der Waals surface area contributed by atoms with Crippen LogP contribution in [-0.2, 0) is 4.74 Å². The molecule has 0 bridgehead atoms. The highest BCUT2D eigenvalue weighted by Crippen LogP contribution is 2.15. The Kier molecular flexibility index (Phi) is 4.62. The van der Waals surface area contributed by atoms with Crippen molar-refractivity contribution in [1.29, 1.82) is 0 Å². The summed E-state index contributed by atoms with van der Waals surface area (Å²) in [4.78, 5) is 11.8. The van der Waals surface area contributed by atoms with Gasteiger partial charge in [-0.3, -0.25) is 4.79 Å². The van der Waals surface area contributed by atoms with Crippen LogP contribution in [-0.4, -0.2) is 19.5 Å². The molecule has 1 atom stereocenters. The second-order valence-corrected chi connectivity index (χ2v) is 4.17. The third-order valence-corrected chi connectivity index (χ3v) is 2.41. The Bertz CT molecular complexity index is 374. The van der Waals surface area contributed by atoms with E-state index in [0.29, 0.717) is 13.0 Å². The molecule has 0 aromatic heterocycles. The number of ketones is 1. The predicted molar refractivity (Wildman–Crippen MR) is 61.1 cm³/mol. The molecule has 2 nitrogen and oxygen atoms in total. The SMILES string of the molecule is COCC(C)CC(=O)c1cc(C)ccc1F. The summed E-state index contributed by atoms with van der Waals surface area (Å²) in [5.41, 5.74) is 1.08. The number of hydrogen-bond donors (Lipinski definition) is 0. The maximum absolute atomic E-state index is 13.4. The molecule has 0 aliphatic rings. The van der Waals surface area contributed by atoms with E-state index in [9.17, 15) is 9.18 Å². The number of carbonyl (C=O) groups excluding carboxylic acids is 1. The summed E-state index contributed by atoms with van der Waals surface area (Å²) in [5.74, 6) is -0.497. The number of benzene rings is 1. The smallest absolute Gasteiger partial charge is 0.166 e. The third-order valence-electron chi connectivity index (χ3n) is 2.41. The quantitative estimate of drug-likeness (QED) is 0.719. The van der Waals surface area contributed by atoms with Crippen LogP contribution in [0.1, 0.15) is 29.3 Å². The molecule has 1 rings (SSSR count). The van der Waals surface area contributed by atoms with Crippen LogP contribution in [0.2, 0.25) is 0 Å². The number of ether oxygens (including phenoxy) is 1. The van der Waals surface area contributed by atoms with Gasteiger partial charge in [-0.05, 0) is 25.0 Å². The van der Waals surface area contributed by atoms with Gasteiger partial charge in [0.25, 0.3) is 0 Å². The fraction of sp³-hybridized carbons (Fsp3) is 0.462. The van der Waals surface area contributed by atoms with Gasteiger partial charge in [-0.1, -0.05) is 18.6 Å². The Balaban J connectivity index is 2.76. The summed E-state index contributed by atoms with van der Waals surface area (Å²) in [6.07, 6.45) is 0.314. The molecule has 0 aliphatic heterocycles. The third kappa shape index (κ3) is 3.42. The van der Waals surface area contributed by atoms with Crippen molar-refractivity contribution in [3.05, 3.63) is 35.1 Å². The Hall–Kier alpha value is -1.22. The van der Waals surface area contributed by atoms with E-state index in [0.717, 1.165) is 5.56 Å². The van der Waals surface area contributed by atoms with Crippen molar-refractivity contribution in [2.75, 3.05) is 13.7 Å². The fourth-order valence-electron chi connectivity index (χ4n) is 1.62. The minimum Gasteiger partial charge on any atom is -0.384 e. The normalized spacial score (nSPS) is 12.5. The van der Waals surface area contributed by atoms with E-state index in [1.807, 2.05) is 13.8 Å². The van der Waals surface area contributed by atoms with E-state index in [1.54, 1.807) is 19.2 Å². The lowest BCUT2D eigenvalue weighted by atomic mass is 9.99. The van der Waals surface area contributed by atoms with Crippen molar-refractivity contribution in [1.82, 2.24) is 0 Å². The van der Waals surface area contributed by atoms with Crippen molar-refractivity contribution < 1.29 is 13.9 Å². The average Bonchev–Trinajstić information content (AvgIpc) is 2.21. The number of aryl methyl sites for hydroxylation is 1. The van der Waals surface area contributed by atoms with Crippen LogP contribution in [0.3, 0.4) is 0 Å². The molecule has 1 aromatic carbocycles. The first-order valence-corrected chi connectivity index (χ1v) is 5.33. The second-order valence-electron chi connectivity index (χ2n) is 4.17. The highest BCUT2D eigenvalue weighted by atomic mass is 19.1. The van der Waals surface area contributed by atoms with E-state index in [4.69, 9.17) is 4.74 Å². The monoisotopic (exact) mass is 224 g/mol. The first-order chi connectivity index (χ1) is 7.54. The topological polar surface area (TPSA) is 26.3 Å². The summed E-state index contributed by atoms with van der Waals surface area (Å²) < 4.78 is 18.4. The molecular formula is C13H17FO2. The van der Waals surface area contributed by atoms with Gasteiger partial charge in [0, 0.05) is 20.1 Å². The Labute approximate surface area is 95.4 Å². The summed E-state index contributed by atoms with van der Waals surface area (Å²) in [6.45, 7) is 4.27. The molecule has 0 N–H and O–H groups in total. The van der Waals surface area contributed by atoms with Crippen molar-refractivity contribution in [2.45, 2.75) is 20.3 Å². The molecule has 1 unspecified atom stereocenters. The fourth-order valence-corrected chi connectivity index (χ4v) is 1.62. The molecule has 0 saturated carbocycles. The molecule has 16 heavy (non-hydrogen) atoms. The van der Waals surface area contributed by atoms with Crippen LogP contribution in [0.4, 0.5) is 4.39 Å². The summed E-state index contributed by atoms with van der Waals surface area (Å²) in [5, 5.41) is 0. The van der Waals surface area contributed by atoms with Gasteiger partial charge in [-0.15, -0.1) is 0 Å². The van der Waals surface area contributed by atoms with E-state index >= 15 is 0 Å². The molecule has 1 aromatic rings. The van der Waals surface area contributed by atoms with Crippen LogP contribution >= 0.6 is 0 Å². The molecule has 0 amide bonds. The highest BCUT2D eigenvalue weighted by Gasteiger charge is 2.15. The van der Waals surface area contributed by atoms with Gasteiger partial charge in [0.15, 0.2) is 5.78 Å². The predicted octanol–water partition coefficient (Wildman–Crippen LogP) is 2.99. The minimum absolute atomic E-state index is 0.109. The molecule has 0 spiro atoms. The van der Waals surface area contributed by atoms with Gasteiger partial charge in [-0.25, -0.2) is 4.39 Å². The number of carbonyl (C=O) groups is 1. The van der Waals surface area contributed by atoms with Crippen LogP contribution in [0.25, 0.3) is 0 Å². The van der Waals surface area contributed by atoms with Crippen molar-refractivity contribution in [2.24, 2.45) is 5.92 Å². The van der Waals surface area contributed by atoms with Crippen molar-refractivity contribution in [3.63, 3.8) is 0 Å². The second kappa shape index (κ2) is 5.75. The zero-order chi connectivity index (χ0) is 12.1. The summed E-state index contributed by atoms with van der Waals surface area (Å²) in [6, 6.07) is 4.59. The standard InChI is InChI=1S/C13H17FO2/c1-9-4-5-12(14)11(6-9)13(15)7-10(2)8-16-3/h4-6,10H,7-8H2,1-3H3. The van der Waals surface area contributed by atoms with Crippen LogP contribution < -0.4 is 0 Å². The largest absolute Gasteiger partial charge is 0.384 e. The number of halogens is 1. The van der Waals surface area contributed by atoms with Gasteiger partial charge in [0.2, 0.25) is 0 Å². The van der Waals surface area contributed by atoms with Crippen molar-refractivity contribution in [3.8, 4) is 0 Å². The lowest BCUT2D eigenvalue weighted by Gasteiger charge is -2.09. The van der Waals surface area contributed by atoms with Gasteiger partial charge in [0.1, 0.15) is 5.82 Å². The number of methoxy groups -OCH3 is 1. The highest BCUT2D eigenvalue weighted by molar-refractivity contribution is 5.96. The molecular weight excluding hydrogens is 207 g/mol. The Morgan fingerprint density at radius 3 is 2.81 bits per heavy atom. The zero-order valence-corrected chi connectivity index (χ0v) is 9.92. The Morgan fingerprint density at radius 1 is 1.50 bits per heavy atom. The van der Waals surface area contributed by atoms with Gasteiger partial charge >= 0.3 is 0 Å². The first-order valence-electron chi connectivity index (χ1n) is 5.33. The van der Waals surface area contributed by atoms with Gasteiger partial charge in [-0.2, -0.15) is 0 Å². The number of rotatable bonds is 5. The molecule has 0 saturated heterocycles. The maximum atomic E-state index is 13.4. The minimum atomic E-state index is -0.444. The van der Waals surface area contributed by atoms with Crippen molar-refractivity contribution >= 4 is 5.78 Å². The number of Topliss-reactive ketones (excluding diaryl/α,β-unsaturated/α-hetero) is 1. The average molecular weight is 224 g/mol. The van der Waals surface area contributed by atoms with E-state index in [1.165, 1.54) is 6.07 Å². The molecule has 3 heteroatoms. The molecule has 0 radical (unpaired) electrons. The lowest BCUT2D eigenvalue weighted by molar-refractivity contribution is 0.0916. The summed E-state index contributed by atoms with van der Waals surface area (Å²) >= 11 is 0. The molecule has 0 heterocycles. The first kappa shape index (κ1) is 12.8. The molecule has 0 fully saturated rings. The number of hydrogen-bond acceptors (Lipinski definition) is 2. The van der Waals surface area contributed by atoms with Crippen LogP contribution in [0, 0.1) is 18.7 Å². The van der Waals surface area contributed by atoms with Gasteiger partial charge < -0.3 is 4.74 Å². The van der Waals surface area contributed by atoms with Crippen LogP contribution in [0.15, 0.2) is 18.2 Å². The van der Waals surface area contributed by atoms with Gasteiger partial charge in [0.05, 0.1) is 5.56 Å². The van der Waals surface area contributed by atoms with E-state index in [2.05, 4.69) is 0 Å². The van der Waals surface area contributed by atoms with E-state index in [-0.39, 0.29) is 17.3 Å². The van der Waals surface area contributed by atoms with E-state index < -0.39 is 5.82 Å². The van der Waals surface area contributed by atoms with Crippen LogP contribution in [0.5, 0.6) is 0 Å².